The normalized spacial score (nSPS) is 15.8. The van der Waals surface area contributed by atoms with E-state index in [2.05, 4.69) is 4.98 Å². The molecule has 0 fully saturated rings. The fourth-order valence-corrected chi connectivity index (χ4v) is 4.42. The highest BCUT2D eigenvalue weighted by molar-refractivity contribution is 14.1. The lowest BCUT2D eigenvalue weighted by Crippen LogP contribution is -2.22. The number of hydrogen-bond donors (Lipinski definition) is 0. The number of hydrogen-bond acceptors (Lipinski definition) is 4. The zero-order valence-corrected chi connectivity index (χ0v) is 12.9. The molecule has 0 radical (unpaired) electrons. The molecule has 0 aromatic carbocycles. The SMILES string of the molecule is CC(I)(OS(C)(=O)=O)c1c(Cl)cncc1Cl. The summed E-state index contributed by atoms with van der Waals surface area (Å²) in [5, 5.41) is 0.515. The van der Waals surface area contributed by atoms with Crippen LogP contribution in [-0.4, -0.2) is 19.7 Å². The second kappa shape index (κ2) is 4.93. The van der Waals surface area contributed by atoms with E-state index in [1.807, 2.05) is 22.6 Å². The molecule has 1 atom stereocenters. The predicted molar refractivity (Wildman–Crippen MR) is 71.6 cm³/mol. The van der Waals surface area contributed by atoms with Gasteiger partial charge in [0.15, 0.2) is 3.61 Å². The summed E-state index contributed by atoms with van der Waals surface area (Å²) in [6, 6.07) is 0. The Morgan fingerprint density at radius 3 is 2.19 bits per heavy atom. The zero-order chi connectivity index (χ0) is 12.6. The third-order valence-corrected chi connectivity index (χ3v) is 3.88. The Balaban J connectivity index is 3.27. The Hall–Kier alpha value is 0.370. The summed E-state index contributed by atoms with van der Waals surface area (Å²) in [5.41, 5.74) is 0.386. The van der Waals surface area contributed by atoms with E-state index in [0.717, 1.165) is 6.26 Å². The molecule has 0 aliphatic carbocycles. The van der Waals surface area contributed by atoms with Crippen molar-refractivity contribution in [2.24, 2.45) is 0 Å². The maximum Gasteiger partial charge on any atom is 0.265 e. The molecule has 1 rings (SSSR count). The second-order valence-corrected chi connectivity index (χ2v) is 7.63. The molecule has 0 N–H and O–H groups in total. The summed E-state index contributed by atoms with van der Waals surface area (Å²) in [6.07, 6.45) is 3.73. The van der Waals surface area contributed by atoms with Crippen LogP contribution in [0.5, 0.6) is 0 Å². The minimum atomic E-state index is -3.61. The topological polar surface area (TPSA) is 56.3 Å². The van der Waals surface area contributed by atoms with Crippen molar-refractivity contribution in [2.75, 3.05) is 6.26 Å². The van der Waals surface area contributed by atoms with Gasteiger partial charge in [-0.1, -0.05) is 23.2 Å². The highest BCUT2D eigenvalue weighted by Crippen LogP contribution is 2.41. The van der Waals surface area contributed by atoms with E-state index in [-0.39, 0.29) is 10.0 Å². The number of alkyl halides is 1. The molecule has 0 spiro atoms. The van der Waals surface area contributed by atoms with Crippen molar-refractivity contribution in [1.29, 1.82) is 0 Å². The van der Waals surface area contributed by atoms with Gasteiger partial charge in [-0.25, -0.2) is 4.18 Å². The van der Waals surface area contributed by atoms with Gasteiger partial charge in [-0.2, -0.15) is 8.42 Å². The van der Waals surface area contributed by atoms with Gasteiger partial charge in [0.1, 0.15) is 0 Å². The first-order valence-corrected chi connectivity index (χ1v) is 7.67. The summed E-state index contributed by atoms with van der Waals surface area (Å²) in [7, 11) is -3.61. The summed E-state index contributed by atoms with van der Waals surface area (Å²) >= 11 is 13.7. The molecule has 4 nitrogen and oxygen atoms in total. The van der Waals surface area contributed by atoms with Crippen LogP contribution in [0.25, 0.3) is 0 Å². The Morgan fingerprint density at radius 1 is 1.38 bits per heavy atom. The zero-order valence-electron chi connectivity index (χ0n) is 8.37. The quantitative estimate of drug-likeness (QED) is 0.448. The van der Waals surface area contributed by atoms with Gasteiger partial charge in [-0.3, -0.25) is 4.98 Å². The van der Waals surface area contributed by atoms with Crippen molar-refractivity contribution < 1.29 is 12.6 Å². The minimum absolute atomic E-state index is 0.257. The van der Waals surface area contributed by atoms with E-state index in [1.165, 1.54) is 12.4 Å². The first-order chi connectivity index (χ1) is 7.13. The van der Waals surface area contributed by atoms with Crippen LogP contribution in [0.2, 0.25) is 10.0 Å². The van der Waals surface area contributed by atoms with Gasteiger partial charge in [0, 0.05) is 18.0 Å². The van der Waals surface area contributed by atoms with Gasteiger partial charge in [0.05, 0.1) is 16.3 Å². The third kappa shape index (κ3) is 3.69. The van der Waals surface area contributed by atoms with E-state index in [1.54, 1.807) is 6.92 Å². The molecule has 0 aliphatic heterocycles. The highest BCUT2D eigenvalue weighted by Gasteiger charge is 2.33. The van der Waals surface area contributed by atoms with Crippen LogP contribution in [-0.2, 0) is 17.9 Å². The molecule has 0 bridgehead atoms. The Morgan fingerprint density at radius 2 is 1.81 bits per heavy atom. The molecular weight excluding hydrogens is 388 g/mol. The van der Waals surface area contributed by atoms with Crippen LogP contribution in [0.15, 0.2) is 12.4 Å². The average molecular weight is 396 g/mol. The Labute approximate surface area is 118 Å². The van der Waals surface area contributed by atoms with Gasteiger partial charge in [0.2, 0.25) is 0 Å². The smallest absolute Gasteiger partial charge is 0.262 e. The number of rotatable bonds is 3. The van der Waals surface area contributed by atoms with Gasteiger partial charge >= 0.3 is 0 Å². The fourth-order valence-electron chi connectivity index (χ4n) is 1.16. The first kappa shape index (κ1) is 14.4. The van der Waals surface area contributed by atoms with Crippen LogP contribution in [0, 0.1) is 0 Å². The molecule has 0 amide bonds. The first-order valence-electron chi connectivity index (χ1n) is 4.02. The van der Waals surface area contributed by atoms with Crippen molar-refractivity contribution in [3.8, 4) is 0 Å². The Kier molecular flexibility index (Phi) is 4.45. The molecule has 1 heterocycles. The van der Waals surface area contributed by atoms with E-state index >= 15 is 0 Å². The standard InChI is InChI=1S/C8H8Cl2INO3S/c1-8(11,15-16(2,13)14)7-5(9)3-12-4-6(7)10/h3-4H,1-2H3. The van der Waals surface area contributed by atoms with Crippen molar-refractivity contribution in [3.05, 3.63) is 28.0 Å². The van der Waals surface area contributed by atoms with E-state index in [0.29, 0.717) is 5.56 Å². The molecule has 16 heavy (non-hydrogen) atoms. The molecule has 0 saturated carbocycles. The Bertz CT molecular complexity index is 484. The fraction of sp³-hybridized carbons (Fsp3) is 0.375. The van der Waals surface area contributed by atoms with E-state index in [9.17, 15) is 8.42 Å². The summed E-state index contributed by atoms with van der Waals surface area (Å²) in [5.74, 6) is 0. The summed E-state index contributed by atoms with van der Waals surface area (Å²) in [6.45, 7) is 1.56. The number of nitrogens with zero attached hydrogens (tertiary/aromatic N) is 1. The van der Waals surface area contributed by atoms with Crippen LogP contribution in [0.4, 0.5) is 0 Å². The predicted octanol–water partition coefficient (Wildman–Crippen LogP) is 2.97. The third-order valence-electron chi connectivity index (χ3n) is 1.61. The molecule has 0 aliphatic rings. The lowest BCUT2D eigenvalue weighted by atomic mass is 10.2. The molecule has 0 saturated heterocycles. The largest absolute Gasteiger partial charge is 0.265 e. The molecular formula is C8H8Cl2INO3S. The van der Waals surface area contributed by atoms with Crippen molar-refractivity contribution in [3.63, 3.8) is 0 Å². The number of pyridine rings is 1. The van der Waals surface area contributed by atoms with Crippen molar-refractivity contribution in [2.45, 2.75) is 10.5 Å². The highest BCUT2D eigenvalue weighted by atomic mass is 127. The van der Waals surface area contributed by atoms with Crippen molar-refractivity contribution in [1.82, 2.24) is 4.98 Å². The summed E-state index contributed by atoms with van der Waals surface area (Å²) < 4.78 is 26.0. The van der Waals surface area contributed by atoms with Gasteiger partial charge in [-0.05, 0) is 29.5 Å². The van der Waals surface area contributed by atoms with E-state index in [4.69, 9.17) is 27.4 Å². The maximum atomic E-state index is 11.1. The van der Waals surface area contributed by atoms with Crippen LogP contribution in [0.1, 0.15) is 12.5 Å². The summed E-state index contributed by atoms with van der Waals surface area (Å²) in [4.78, 5) is 3.78. The monoisotopic (exact) mass is 395 g/mol. The molecule has 1 aromatic heterocycles. The lowest BCUT2D eigenvalue weighted by molar-refractivity contribution is 0.217. The lowest BCUT2D eigenvalue weighted by Gasteiger charge is -2.23. The van der Waals surface area contributed by atoms with Crippen LogP contribution < -0.4 is 0 Å². The molecule has 1 unspecified atom stereocenters. The minimum Gasteiger partial charge on any atom is -0.262 e. The van der Waals surface area contributed by atoms with Crippen molar-refractivity contribution >= 4 is 55.9 Å². The van der Waals surface area contributed by atoms with Crippen LogP contribution in [0.3, 0.4) is 0 Å². The van der Waals surface area contributed by atoms with Gasteiger partial charge < -0.3 is 0 Å². The van der Waals surface area contributed by atoms with Gasteiger partial charge in [-0.15, -0.1) is 0 Å². The van der Waals surface area contributed by atoms with Crippen LogP contribution >= 0.6 is 45.8 Å². The molecule has 1 aromatic rings. The average Bonchev–Trinajstić information content (AvgIpc) is 1.97. The number of halogens is 3. The van der Waals surface area contributed by atoms with E-state index < -0.39 is 13.7 Å². The maximum absolute atomic E-state index is 11.1. The second-order valence-electron chi connectivity index (χ2n) is 3.18. The molecule has 90 valence electrons. The molecule has 8 heteroatoms. The number of aromatic nitrogens is 1. The van der Waals surface area contributed by atoms with Gasteiger partial charge in [0.25, 0.3) is 10.1 Å².